The highest BCUT2D eigenvalue weighted by molar-refractivity contribution is 14.1. The van der Waals surface area contributed by atoms with Crippen LogP contribution in [0, 0.1) is 17.8 Å². The highest BCUT2D eigenvalue weighted by Crippen LogP contribution is 2.34. The van der Waals surface area contributed by atoms with Gasteiger partial charge in [0.15, 0.2) is 5.78 Å². The Morgan fingerprint density at radius 2 is 2.00 bits per heavy atom. The Labute approximate surface area is 188 Å². The number of halogens is 1. The molecule has 162 valence electrons. The van der Waals surface area contributed by atoms with Crippen molar-refractivity contribution in [1.82, 2.24) is 0 Å². The number of hydrogen-bond donors (Lipinski definition) is 4. The number of thiol groups is 1. The van der Waals surface area contributed by atoms with E-state index in [1.165, 1.54) is 9.15 Å². The van der Waals surface area contributed by atoms with Crippen molar-refractivity contribution in [1.29, 1.82) is 0 Å². The van der Waals surface area contributed by atoms with Crippen LogP contribution in [0.25, 0.3) is 0 Å². The molecule has 5 nitrogen and oxygen atoms in total. The van der Waals surface area contributed by atoms with Crippen molar-refractivity contribution in [3.8, 4) is 0 Å². The van der Waals surface area contributed by atoms with Crippen molar-refractivity contribution < 1.29 is 24.3 Å². The van der Waals surface area contributed by atoms with Crippen molar-refractivity contribution in [2.45, 2.75) is 77.6 Å². The number of carbonyl (C=O) groups excluding carboxylic acids is 1. The topological polar surface area (TPSA) is 87.0 Å². The van der Waals surface area contributed by atoms with Crippen LogP contribution in [0.4, 0.5) is 0 Å². The van der Waals surface area contributed by atoms with Gasteiger partial charge in [0.05, 0.1) is 6.10 Å². The summed E-state index contributed by atoms with van der Waals surface area (Å²) >= 11 is 6.01. The highest BCUT2D eigenvalue weighted by Gasteiger charge is 2.47. The van der Waals surface area contributed by atoms with Gasteiger partial charge in [0.1, 0.15) is 12.2 Å². The van der Waals surface area contributed by atoms with Crippen LogP contribution in [-0.2, 0) is 8.98 Å². The molecule has 0 radical (unpaired) electrons. The van der Waals surface area contributed by atoms with E-state index >= 15 is 0 Å². The molecule has 0 saturated heterocycles. The third kappa shape index (κ3) is 8.07. The van der Waals surface area contributed by atoms with Gasteiger partial charge in [-0.25, -0.2) is 0 Å². The summed E-state index contributed by atoms with van der Waals surface area (Å²) in [6, 6.07) is 0. The van der Waals surface area contributed by atoms with Crippen molar-refractivity contribution in [2.75, 3.05) is 6.61 Å². The number of aliphatic hydroxyl groups excluding tert-OH is 3. The molecule has 7 heteroatoms. The molecule has 1 fully saturated rings. The Morgan fingerprint density at radius 3 is 2.61 bits per heavy atom. The molecule has 1 saturated carbocycles. The van der Waals surface area contributed by atoms with Gasteiger partial charge < -0.3 is 19.5 Å². The molecule has 6 atom stereocenters. The summed E-state index contributed by atoms with van der Waals surface area (Å²) < 4.78 is 6.04. The van der Waals surface area contributed by atoms with Gasteiger partial charge in [-0.3, -0.25) is 4.79 Å². The maximum atomic E-state index is 12.2. The molecule has 28 heavy (non-hydrogen) atoms. The summed E-state index contributed by atoms with van der Waals surface area (Å²) in [6.07, 6.45) is 6.75. The summed E-state index contributed by atoms with van der Waals surface area (Å²) in [6.45, 7) is 6.22. The number of Topliss-reactive ketones (excluding diaryl/α,β-unsaturated/α-hetero) is 1. The average Bonchev–Trinajstić information content (AvgIpc) is 2.66. The van der Waals surface area contributed by atoms with Gasteiger partial charge in [-0.1, -0.05) is 31.6 Å². The Balaban J connectivity index is 2.49. The van der Waals surface area contributed by atoms with Crippen molar-refractivity contribution in [3.05, 3.63) is 21.3 Å². The van der Waals surface area contributed by atoms with Crippen LogP contribution in [0.15, 0.2) is 21.3 Å². The van der Waals surface area contributed by atoms with Crippen molar-refractivity contribution in [3.63, 3.8) is 0 Å². The third-order valence-corrected chi connectivity index (χ3v) is 6.88. The fourth-order valence-corrected chi connectivity index (χ4v) is 4.38. The molecule has 0 bridgehead atoms. The third-order valence-electron chi connectivity index (χ3n) is 5.66. The zero-order valence-electron chi connectivity index (χ0n) is 17.1. The molecule has 1 aliphatic rings. The fraction of sp³-hybridized carbons (Fsp3) is 0.762. The molecule has 1 aliphatic carbocycles. The summed E-state index contributed by atoms with van der Waals surface area (Å²) in [4.78, 5) is 12.2. The molecule has 0 aromatic rings. The van der Waals surface area contributed by atoms with E-state index in [9.17, 15) is 15.0 Å². The molecule has 0 spiro atoms. The molecule has 3 N–H and O–H groups in total. The molecule has 0 aliphatic heterocycles. The van der Waals surface area contributed by atoms with E-state index in [0.717, 1.165) is 32.1 Å². The Morgan fingerprint density at radius 1 is 1.32 bits per heavy atom. The Kier molecular flexibility index (Phi) is 12.5. The Bertz CT molecular complexity index is 551. The second kappa shape index (κ2) is 13.4. The highest BCUT2D eigenvalue weighted by atomic mass is 127. The lowest BCUT2D eigenvalue weighted by Gasteiger charge is -2.39. The van der Waals surface area contributed by atoms with Crippen LogP contribution in [0.2, 0.25) is 0 Å². The first-order chi connectivity index (χ1) is 13.2. The second-order valence-electron chi connectivity index (χ2n) is 8.02. The maximum Gasteiger partial charge on any atom is 0.167 e. The van der Waals surface area contributed by atoms with E-state index in [4.69, 9.17) is 9.29 Å². The molecular weight excluding hydrogens is 491 g/mol. The van der Waals surface area contributed by atoms with E-state index in [1.807, 2.05) is 0 Å². The monoisotopic (exact) mass is 526 g/mol. The van der Waals surface area contributed by atoms with Crippen molar-refractivity contribution in [2.24, 2.45) is 17.8 Å². The standard InChI is InChI=1S/C21H35IO5S/c1-13(6-4-8-14(2)12-23)7-5-9-16(22)10-11-17-15(3)18(24)20(26)21(27-28)19(17)25/h7,10,14-15,17,19-21,23,25-26,28H,4-6,8-9,11-12H2,1-3H3/b13-7+,16-10-/t14?,15?,17-,19-,20?,21?/m1/s1. The number of allylic oxidation sites excluding steroid dienone is 4. The van der Waals surface area contributed by atoms with Gasteiger partial charge in [0.2, 0.25) is 0 Å². The summed E-state index contributed by atoms with van der Waals surface area (Å²) in [5.41, 5.74) is 1.37. The minimum Gasteiger partial charge on any atom is -0.396 e. The van der Waals surface area contributed by atoms with Gasteiger partial charge in [-0.15, -0.1) is 0 Å². The van der Waals surface area contributed by atoms with Crippen LogP contribution in [0.3, 0.4) is 0 Å². The fourth-order valence-electron chi connectivity index (χ4n) is 3.58. The lowest BCUT2D eigenvalue weighted by molar-refractivity contribution is -0.156. The Hall–Kier alpha value is 0.0700. The van der Waals surface area contributed by atoms with E-state index < -0.39 is 24.2 Å². The summed E-state index contributed by atoms with van der Waals surface area (Å²) in [5.74, 6) is -0.640. The zero-order chi connectivity index (χ0) is 21.3. The molecule has 0 amide bonds. The number of rotatable bonds is 11. The molecule has 4 unspecified atom stereocenters. The van der Waals surface area contributed by atoms with Crippen LogP contribution in [0.1, 0.15) is 59.3 Å². The molecule has 0 aromatic heterocycles. The summed E-state index contributed by atoms with van der Waals surface area (Å²) in [5, 5.41) is 29.4. The van der Waals surface area contributed by atoms with Gasteiger partial charge in [0.25, 0.3) is 0 Å². The largest absolute Gasteiger partial charge is 0.396 e. The second-order valence-corrected chi connectivity index (χ2v) is 9.61. The minimum atomic E-state index is -1.32. The lowest BCUT2D eigenvalue weighted by Crippen LogP contribution is -2.55. The first-order valence-electron chi connectivity index (χ1n) is 10.0. The smallest absolute Gasteiger partial charge is 0.167 e. The van der Waals surface area contributed by atoms with Gasteiger partial charge in [-0.2, -0.15) is 0 Å². The van der Waals surface area contributed by atoms with Crippen LogP contribution < -0.4 is 0 Å². The number of hydrogen-bond acceptors (Lipinski definition) is 6. The van der Waals surface area contributed by atoms with E-state index in [1.54, 1.807) is 6.92 Å². The molecule has 0 aromatic carbocycles. The van der Waals surface area contributed by atoms with E-state index in [2.05, 4.69) is 61.5 Å². The first-order valence-corrected chi connectivity index (χ1v) is 11.5. The SMILES string of the molecule is C/C(=C\CC/C(I)=C/C[C@@H]1C(C)C(=O)C(O)C(OS)[C@@H]1O)CCCC(C)CO. The van der Waals surface area contributed by atoms with Gasteiger partial charge in [-0.05, 0) is 90.4 Å². The molecule has 1 rings (SSSR count). The minimum absolute atomic E-state index is 0.255. The summed E-state index contributed by atoms with van der Waals surface area (Å²) in [7, 11) is 0. The zero-order valence-corrected chi connectivity index (χ0v) is 20.1. The quantitative estimate of drug-likeness (QED) is 0.142. The number of ketones is 1. The van der Waals surface area contributed by atoms with Crippen LogP contribution in [0.5, 0.6) is 0 Å². The normalized spacial score (nSPS) is 30.6. The van der Waals surface area contributed by atoms with Crippen LogP contribution >= 0.6 is 35.5 Å². The molecule has 0 heterocycles. The number of carbonyl (C=O) groups is 1. The van der Waals surface area contributed by atoms with E-state index in [-0.39, 0.29) is 18.3 Å². The predicted molar refractivity (Wildman–Crippen MR) is 123 cm³/mol. The lowest BCUT2D eigenvalue weighted by atomic mass is 9.73. The predicted octanol–water partition coefficient (Wildman–Crippen LogP) is 4.01. The molecular formula is C21H35IO5S. The van der Waals surface area contributed by atoms with Gasteiger partial charge in [0, 0.05) is 18.4 Å². The average molecular weight is 526 g/mol. The van der Waals surface area contributed by atoms with Gasteiger partial charge >= 0.3 is 0 Å². The van der Waals surface area contributed by atoms with Crippen LogP contribution in [-0.4, -0.2) is 46.0 Å². The first kappa shape index (κ1) is 26.1. The van der Waals surface area contributed by atoms with Crippen molar-refractivity contribution >= 4 is 41.3 Å². The van der Waals surface area contributed by atoms with E-state index in [0.29, 0.717) is 12.3 Å². The maximum absolute atomic E-state index is 12.2. The number of aliphatic hydroxyl groups is 3.